The quantitative estimate of drug-likeness (QED) is 0.492. The monoisotopic (exact) mass is 413 g/mol. The van der Waals surface area contributed by atoms with Crippen molar-refractivity contribution in [3.8, 4) is 22.5 Å². The van der Waals surface area contributed by atoms with Crippen molar-refractivity contribution in [1.82, 2.24) is 20.2 Å². The van der Waals surface area contributed by atoms with Gasteiger partial charge in [-0.1, -0.05) is 60.7 Å². The van der Waals surface area contributed by atoms with Gasteiger partial charge in [-0.3, -0.25) is 4.90 Å². The summed E-state index contributed by atoms with van der Waals surface area (Å²) in [5.41, 5.74) is 3.75. The highest BCUT2D eigenvalue weighted by Crippen LogP contribution is 2.42. The first-order valence-corrected chi connectivity index (χ1v) is 10.9. The first kappa shape index (κ1) is 19.7. The lowest BCUT2D eigenvalue weighted by Gasteiger charge is -2.31. The van der Waals surface area contributed by atoms with E-state index < -0.39 is 0 Å². The minimum atomic E-state index is 0.534. The molecule has 0 unspecified atom stereocenters. The summed E-state index contributed by atoms with van der Waals surface area (Å²) < 4.78 is 6.28. The summed E-state index contributed by atoms with van der Waals surface area (Å²) in [5, 5.41) is 7.98. The van der Waals surface area contributed by atoms with E-state index in [1.165, 1.54) is 0 Å². The Hall–Kier alpha value is -3.22. The molecule has 6 heteroatoms. The molecule has 1 aliphatic heterocycles. The first-order valence-electron chi connectivity index (χ1n) is 10.9. The minimum Gasteiger partial charge on any atom is -0.437 e. The van der Waals surface area contributed by atoms with E-state index in [0.29, 0.717) is 11.8 Å². The summed E-state index contributed by atoms with van der Waals surface area (Å²) in [6.07, 6.45) is 1.57. The molecule has 31 heavy (non-hydrogen) atoms. The molecule has 2 aromatic carbocycles. The largest absolute Gasteiger partial charge is 0.437 e. The number of benzene rings is 2. The summed E-state index contributed by atoms with van der Waals surface area (Å²) in [6.45, 7) is 7.21. The molecule has 4 aromatic rings. The van der Waals surface area contributed by atoms with Crippen LogP contribution in [0.5, 0.6) is 0 Å². The van der Waals surface area contributed by atoms with Crippen LogP contribution in [-0.4, -0.2) is 53.6 Å². The number of anilines is 1. The lowest BCUT2D eigenvalue weighted by Crippen LogP contribution is -2.50. The van der Waals surface area contributed by atoms with Crippen LogP contribution >= 0.6 is 0 Å². The second-order valence-corrected chi connectivity index (χ2v) is 8.02. The molecule has 2 aromatic heterocycles. The van der Waals surface area contributed by atoms with E-state index in [2.05, 4.69) is 56.7 Å². The number of hydrogen-bond acceptors (Lipinski definition) is 6. The van der Waals surface area contributed by atoms with Crippen LogP contribution in [0, 0.1) is 0 Å². The maximum absolute atomic E-state index is 6.28. The number of aromatic nitrogens is 2. The fraction of sp³-hybridized carbons (Fsp3) is 0.280. The number of fused-ring (bicyclic) bond motifs is 1. The number of piperazine rings is 1. The van der Waals surface area contributed by atoms with E-state index in [1.54, 1.807) is 6.33 Å². The van der Waals surface area contributed by atoms with Crippen molar-refractivity contribution in [1.29, 1.82) is 0 Å². The van der Waals surface area contributed by atoms with Crippen LogP contribution in [0.2, 0.25) is 0 Å². The molecule has 3 heterocycles. The summed E-state index contributed by atoms with van der Waals surface area (Å²) >= 11 is 0. The van der Waals surface area contributed by atoms with Crippen LogP contribution in [0.25, 0.3) is 33.6 Å². The van der Waals surface area contributed by atoms with Gasteiger partial charge >= 0.3 is 0 Å². The number of rotatable bonds is 6. The molecule has 1 fully saturated rings. The Bertz CT molecular complexity index is 1140. The predicted molar refractivity (Wildman–Crippen MR) is 125 cm³/mol. The van der Waals surface area contributed by atoms with Gasteiger partial charge in [-0.05, 0) is 12.5 Å². The smallest absolute Gasteiger partial charge is 0.232 e. The van der Waals surface area contributed by atoms with E-state index in [-0.39, 0.29) is 0 Å². The zero-order valence-corrected chi connectivity index (χ0v) is 17.7. The van der Waals surface area contributed by atoms with Crippen LogP contribution in [0.1, 0.15) is 6.92 Å². The molecule has 1 aliphatic rings. The molecule has 0 saturated carbocycles. The number of nitrogens with zero attached hydrogens (tertiary/aromatic N) is 3. The van der Waals surface area contributed by atoms with E-state index in [9.17, 15) is 0 Å². The Kier molecular flexibility index (Phi) is 5.65. The van der Waals surface area contributed by atoms with Gasteiger partial charge in [0.25, 0.3) is 0 Å². The third kappa shape index (κ3) is 4.17. The average Bonchev–Trinajstić information content (AvgIpc) is 3.21. The third-order valence-corrected chi connectivity index (χ3v) is 5.76. The van der Waals surface area contributed by atoms with Crippen LogP contribution in [0.15, 0.2) is 71.4 Å². The van der Waals surface area contributed by atoms with E-state index in [1.807, 2.05) is 36.4 Å². The fourth-order valence-electron chi connectivity index (χ4n) is 4.29. The molecule has 0 spiro atoms. The Morgan fingerprint density at radius 2 is 1.77 bits per heavy atom. The molecule has 1 saturated heterocycles. The number of nitrogens with one attached hydrogen (secondary N) is 2. The molecular formula is C25H27N5O. The molecule has 1 atom stereocenters. The summed E-state index contributed by atoms with van der Waals surface area (Å²) in [4.78, 5) is 11.5. The molecule has 158 valence electrons. The van der Waals surface area contributed by atoms with Gasteiger partial charge in [0, 0.05) is 49.9 Å². The van der Waals surface area contributed by atoms with E-state index in [4.69, 9.17) is 4.42 Å². The number of hydrogen-bond donors (Lipinski definition) is 2. The van der Waals surface area contributed by atoms with Gasteiger partial charge in [0.05, 0.1) is 5.39 Å². The molecular weight excluding hydrogens is 386 g/mol. The highest BCUT2D eigenvalue weighted by molar-refractivity contribution is 6.05. The standard InChI is InChI=1S/C25H27N5O/c1-18-16-30(14-12-26-18)15-13-27-24-22-21(19-8-4-2-5-9-19)23(20-10-6-3-7-11-20)31-25(22)29-17-28-24/h2-11,17-18,26H,12-16H2,1H3,(H,27,28,29)/t18-/m0/s1. The average molecular weight is 414 g/mol. The molecule has 0 aliphatic carbocycles. The van der Waals surface area contributed by atoms with Crippen molar-refractivity contribution < 1.29 is 4.42 Å². The Morgan fingerprint density at radius 1 is 1.03 bits per heavy atom. The van der Waals surface area contributed by atoms with Crippen LogP contribution in [0.4, 0.5) is 5.82 Å². The lowest BCUT2D eigenvalue weighted by molar-refractivity contribution is 0.214. The second kappa shape index (κ2) is 8.88. The van der Waals surface area contributed by atoms with Crippen LogP contribution in [-0.2, 0) is 0 Å². The molecule has 6 nitrogen and oxygen atoms in total. The van der Waals surface area contributed by atoms with E-state index in [0.717, 1.165) is 66.4 Å². The first-order chi connectivity index (χ1) is 15.3. The van der Waals surface area contributed by atoms with Crippen molar-refractivity contribution in [3.05, 3.63) is 67.0 Å². The van der Waals surface area contributed by atoms with Gasteiger partial charge in [0.2, 0.25) is 5.71 Å². The Morgan fingerprint density at radius 3 is 2.52 bits per heavy atom. The third-order valence-electron chi connectivity index (χ3n) is 5.76. The fourth-order valence-corrected chi connectivity index (χ4v) is 4.29. The molecule has 5 rings (SSSR count). The van der Waals surface area contributed by atoms with Gasteiger partial charge in [-0.25, -0.2) is 9.97 Å². The zero-order chi connectivity index (χ0) is 21.0. The van der Waals surface area contributed by atoms with Crippen LogP contribution in [0.3, 0.4) is 0 Å². The van der Waals surface area contributed by atoms with Gasteiger partial charge in [0.15, 0.2) is 0 Å². The van der Waals surface area contributed by atoms with Gasteiger partial charge in [-0.2, -0.15) is 0 Å². The van der Waals surface area contributed by atoms with Crippen molar-refractivity contribution in [2.45, 2.75) is 13.0 Å². The minimum absolute atomic E-state index is 0.534. The van der Waals surface area contributed by atoms with Crippen molar-refractivity contribution >= 4 is 16.9 Å². The predicted octanol–water partition coefficient (Wildman–Crippen LogP) is 4.26. The van der Waals surface area contributed by atoms with Crippen molar-refractivity contribution in [2.24, 2.45) is 0 Å². The maximum Gasteiger partial charge on any atom is 0.232 e. The zero-order valence-electron chi connectivity index (χ0n) is 17.7. The highest BCUT2D eigenvalue weighted by atomic mass is 16.3. The van der Waals surface area contributed by atoms with Crippen LogP contribution < -0.4 is 10.6 Å². The lowest BCUT2D eigenvalue weighted by atomic mass is 9.99. The molecule has 0 amide bonds. The van der Waals surface area contributed by atoms with Crippen molar-refractivity contribution in [3.63, 3.8) is 0 Å². The Balaban J connectivity index is 1.51. The second-order valence-electron chi connectivity index (χ2n) is 8.02. The highest BCUT2D eigenvalue weighted by Gasteiger charge is 2.22. The van der Waals surface area contributed by atoms with Gasteiger partial charge < -0.3 is 15.1 Å². The maximum atomic E-state index is 6.28. The normalized spacial score (nSPS) is 17.1. The Labute approximate surface area is 182 Å². The molecule has 2 N–H and O–H groups in total. The summed E-state index contributed by atoms with van der Waals surface area (Å²) in [7, 11) is 0. The molecule has 0 bridgehead atoms. The number of furan rings is 1. The summed E-state index contributed by atoms with van der Waals surface area (Å²) in [5.74, 6) is 1.64. The van der Waals surface area contributed by atoms with Gasteiger partial charge in [-0.15, -0.1) is 0 Å². The van der Waals surface area contributed by atoms with E-state index >= 15 is 0 Å². The topological polar surface area (TPSA) is 66.2 Å². The van der Waals surface area contributed by atoms with Crippen molar-refractivity contribution in [2.75, 3.05) is 38.0 Å². The summed E-state index contributed by atoms with van der Waals surface area (Å²) in [6, 6.07) is 21.1. The molecule has 0 radical (unpaired) electrons. The SMILES string of the molecule is C[C@H]1CN(CCNc2ncnc3oc(-c4ccccc4)c(-c4ccccc4)c23)CCN1. The van der Waals surface area contributed by atoms with Gasteiger partial charge in [0.1, 0.15) is 17.9 Å².